The van der Waals surface area contributed by atoms with Crippen LogP contribution in [0.15, 0.2) is 48.5 Å². The number of ether oxygens (including phenoxy) is 3. The highest BCUT2D eigenvalue weighted by Gasteiger charge is 2.27. The summed E-state index contributed by atoms with van der Waals surface area (Å²) >= 11 is 1.45. The summed E-state index contributed by atoms with van der Waals surface area (Å²) in [5.74, 6) is 2.90. The van der Waals surface area contributed by atoms with Gasteiger partial charge in [-0.25, -0.2) is 0 Å². The normalized spacial score (nSPS) is 16.0. The Bertz CT molecular complexity index is 1090. The van der Waals surface area contributed by atoms with E-state index < -0.39 is 0 Å². The number of nitrogens with zero attached hydrogens (tertiary/aromatic N) is 4. The molecule has 0 saturated heterocycles. The number of benzene rings is 2. The molecule has 7 nitrogen and oxygen atoms in total. The predicted molar refractivity (Wildman–Crippen MR) is 96.0 cm³/mol. The fourth-order valence-electron chi connectivity index (χ4n) is 2.85. The van der Waals surface area contributed by atoms with Gasteiger partial charge in [0.15, 0.2) is 28.4 Å². The van der Waals surface area contributed by atoms with Gasteiger partial charge in [-0.2, -0.15) is 9.61 Å². The van der Waals surface area contributed by atoms with Crippen LogP contribution in [-0.4, -0.2) is 33.5 Å². The van der Waals surface area contributed by atoms with Crippen molar-refractivity contribution in [1.82, 2.24) is 19.8 Å². The van der Waals surface area contributed by atoms with Crippen molar-refractivity contribution < 1.29 is 14.2 Å². The van der Waals surface area contributed by atoms with Gasteiger partial charge in [-0.3, -0.25) is 0 Å². The van der Waals surface area contributed by atoms with Gasteiger partial charge in [0.1, 0.15) is 12.4 Å². The molecule has 0 aliphatic carbocycles. The van der Waals surface area contributed by atoms with Gasteiger partial charge in [0, 0.05) is 5.56 Å². The zero-order valence-electron chi connectivity index (χ0n) is 13.8. The topological polar surface area (TPSA) is 70.8 Å². The molecule has 0 unspecified atom stereocenters. The first-order valence-electron chi connectivity index (χ1n) is 8.07. The number of methoxy groups -OCH3 is 1. The molecule has 26 heavy (non-hydrogen) atoms. The van der Waals surface area contributed by atoms with Crippen LogP contribution in [0.4, 0.5) is 0 Å². The predicted octanol–water partition coefficient (Wildman–Crippen LogP) is 3.37. The summed E-state index contributed by atoms with van der Waals surface area (Å²) in [6, 6.07) is 15.3. The number of para-hydroxylation sites is 2. The smallest absolute Gasteiger partial charge is 0.235 e. The number of rotatable bonds is 3. The van der Waals surface area contributed by atoms with Crippen molar-refractivity contribution in [2.75, 3.05) is 13.7 Å². The van der Waals surface area contributed by atoms with E-state index in [1.165, 1.54) is 11.3 Å². The Morgan fingerprint density at radius 3 is 2.88 bits per heavy atom. The highest BCUT2D eigenvalue weighted by Crippen LogP contribution is 2.37. The highest BCUT2D eigenvalue weighted by molar-refractivity contribution is 7.16. The van der Waals surface area contributed by atoms with Crippen molar-refractivity contribution >= 4 is 16.3 Å². The Balaban J connectivity index is 1.51. The Morgan fingerprint density at radius 1 is 1.12 bits per heavy atom. The van der Waals surface area contributed by atoms with E-state index in [1.807, 2.05) is 48.5 Å². The van der Waals surface area contributed by atoms with Crippen LogP contribution in [-0.2, 0) is 0 Å². The second-order valence-electron chi connectivity index (χ2n) is 5.75. The minimum Gasteiger partial charge on any atom is -0.497 e. The fourth-order valence-corrected chi connectivity index (χ4v) is 3.70. The van der Waals surface area contributed by atoms with Gasteiger partial charge in [-0.05, 0) is 24.3 Å². The van der Waals surface area contributed by atoms with E-state index in [0.717, 1.165) is 27.8 Å². The monoisotopic (exact) mass is 366 g/mol. The van der Waals surface area contributed by atoms with Crippen molar-refractivity contribution in [3.63, 3.8) is 0 Å². The molecule has 0 amide bonds. The Labute approximate surface area is 152 Å². The minimum absolute atomic E-state index is 0.269. The van der Waals surface area contributed by atoms with Crippen LogP contribution in [0.25, 0.3) is 16.3 Å². The van der Waals surface area contributed by atoms with Crippen LogP contribution in [0.5, 0.6) is 17.2 Å². The molecular formula is C18H14N4O3S. The van der Waals surface area contributed by atoms with E-state index in [4.69, 9.17) is 14.2 Å². The van der Waals surface area contributed by atoms with E-state index in [9.17, 15) is 0 Å². The van der Waals surface area contributed by atoms with E-state index in [2.05, 4.69) is 15.3 Å². The summed E-state index contributed by atoms with van der Waals surface area (Å²) in [5.41, 5.74) is 0.889. The SMILES string of the molecule is COc1cccc(-c2nnc3sc([C@@H]4COc5ccccc5O4)nn23)c1. The number of hydrogen-bond donors (Lipinski definition) is 0. The number of fused-ring (bicyclic) bond motifs is 2. The van der Waals surface area contributed by atoms with Gasteiger partial charge in [-0.15, -0.1) is 10.2 Å². The van der Waals surface area contributed by atoms with Gasteiger partial charge in [0.2, 0.25) is 4.96 Å². The molecule has 1 aliphatic heterocycles. The lowest BCUT2D eigenvalue weighted by molar-refractivity contribution is 0.0904. The van der Waals surface area contributed by atoms with Crippen LogP contribution in [0, 0.1) is 0 Å². The summed E-state index contributed by atoms with van der Waals surface area (Å²) in [7, 11) is 1.64. The lowest BCUT2D eigenvalue weighted by atomic mass is 10.2. The Morgan fingerprint density at radius 2 is 2.00 bits per heavy atom. The van der Waals surface area contributed by atoms with Gasteiger partial charge in [-0.1, -0.05) is 35.6 Å². The third-order valence-electron chi connectivity index (χ3n) is 4.12. The van der Waals surface area contributed by atoms with Crippen LogP contribution >= 0.6 is 11.3 Å². The number of hydrogen-bond acceptors (Lipinski definition) is 7. The molecule has 0 fully saturated rings. The molecule has 0 N–H and O–H groups in total. The standard InChI is InChI=1S/C18H14N4O3S/c1-23-12-6-4-5-11(9-12)16-19-20-18-22(16)21-17(26-18)15-10-24-13-7-2-3-8-14(13)25-15/h2-9,15H,10H2,1H3/t15-/m0/s1. The van der Waals surface area contributed by atoms with Gasteiger partial charge in [0.05, 0.1) is 7.11 Å². The Kier molecular flexibility index (Phi) is 3.49. The Hall–Kier alpha value is -3.13. The molecule has 0 radical (unpaired) electrons. The first-order chi connectivity index (χ1) is 12.8. The van der Waals surface area contributed by atoms with E-state index >= 15 is 0 Å². The summed E-state index contributed by atoms with van der Waals surface area (Å²) in [4.78, 5) is 0.709. The molecule has 4 aromatic rings. The van der Waals surface area contributed by atoms with Crippen molar-refractivity contribution in [3.05, 3.63) is 53.5 Å². The van der Waals surface area contributed by atoms with Crippen LogP contribution < -0.4 is 14.2 Å². The van der Waals surface area contributed by atoms with Crippen molar-refractivity contribution in [2.45, 2.75) is 6.10 Å². The molecule has 1 aliphatic rings. The van der Waals surface area contributed by atoms with Gasteiger partial charge in [0.25, 0.3) is 0 Å². The quantitative estimate of drug-likeness (QED) is 0.554. The third kappa shape index (κ3) is 2.46. The molecule has 1 atom stereocenters. The van der Waals surface area contributed by atoms with Gasteiger partial charge >= 0.3 is 0 Å². The third-order valence-corrected chi connectivity index (χ3v) is 5.11. The average molecular weight is 366 g/mol. The zero-order valence-corrected chi connectivity index (χ0v) is 14.6. The second-order valence-corrected chi connectivity index (χ2v) is 6.74. The maximum atomic E-state index is 6.04. The molecule has 0 saturated carbocycles. The van der Waals surface area contributed by atoms with E-state index in [0.29, 0.717) is 17.4 Å². The molecule has 2 aromatic carbocycles. The second kappa shape index (κ2) is 5.99. The molecule has 2 aromatic heterocycles. The van der Waals surface area contributed by atoms with Crippen LogP contribution in [0.3, 0.4) is 0 Å². The largest absolute Gasteiger partial charge is 0.497 e. The average Bonchev–Trinajstić information content (AvgIpc) is 3.28. The zero-order chi connectivity index (χ0) is 17.5. The molecule has 5 rings (SSSR count). The summed E-state index contributed by atoms with van der Waals surface area (Å²) < 4.78 is 18.9. The lowest BCUT2D eigenvalue weighted by Gasteiger charge is -2.24. The fraction of sp³-hybridized carbons (Fsp3) is 0.167. The van der Waals surface area contributed by atoms with Crippen LogP contribution in [0.1, 0.15) is 11.1 Å². The summed E-state index contributed by atoms with van der Waals surface area (Å²) in [6.45, 7) is 0.412. The molecule has 0 spiro atoms. The minimum atomic E-state index is -0.269. The van der Waals surface area contributed by atoms with Crippen molar-refractivity contribution in [3.8, 4) is 28.6 Å². The highest BCUT2D eigenvalue weighted by atomic mass is 32.1. The van der Waals surface area contributed by atoms with Crippen molar-refractivity contribution in [1.29, 1.82) is 0 Å². The number of aromatic nitrogens is 4. The molecule has 3 heterocycles. The molecule has 0 bridgehead atoms. The van der Waals surface area contributed by atoms with Crippen molar-refractivity contribution in [2.24, 2.45) is 0 Å². The summed E-state index contributed by atoms with van der Waals surface area (Å²) in [5, 5.41) is 14.0. The van der Waals surface area contributed by atoms with Gasteiger partial charge < -0.3 is 14.2 Å². The molecular weight excluding hydrogens is 352 g/mol. The first kappa shape index (κ1) is 15.2. The summed E-state index contributed by atoms with van der Waals surface area (Å²) in [6.07, 6.45) is -0.269. The first-order valence-corrected chi connectivity index (χ1v) is 8.88. The maximum Gasteiger partial charge on any atom is 0.235 e. The van der Waals surface area contributed by atoms with E-state index in [1.54, 1.807) is 11.6 Å². The molecule has 130 valence electrons. The van der Waals surface area contributed by atoms with Crippen LogP contribution in [0.2, 0.25) is 0 Å². The molecule has 8 heteroatoms. The maximum absolute atomic E-state index is 6.04. The lowest BCUT2D eigenvalue weighted by Crippen LogP contribution is -2.21. The van der Waals surface area contributed by atoms with E-state index in [-0.39, 0.29) is 6.10 Å².